The van der Waals surface area contributed by atoms with Crippen LogP contribution in [-0.2, 0) is 11.3 Å². The molecule has 1 fully saturated rings. The molecular formula is C25H22Cl2N2O3S. The number of nitrogens with one attached hydrogen (secondary N) is 1. The van der Waals surface area contributed by atoms with E-state index in [2.05, 4.69) is 5.32 Å². The molecule has 5 nitrogen and oxygen atoms in total. The fourth-order valence-corrected chi connectivity index (χ4v) is 4.89. The fourth-order valence-electron chi connectivity index (χ4n) is 3.45. The van der Waals surface area contributed by atoms with Gasteiger partial charge in [-0.15, -0.1) is 11.8 Å². The van der Waals surface area contributed by atoms with Crippen molar-refractivity contribution in [3.63, 3.8) is 0 Å². The molecule has 4 rings (SSSR count). The van der Waals surface area contributed by atoms with Crippen LogP contribution in [0.4, 0.5) is 0 Å². The van der Waals surface area contributed by atoms with Crippen molar-refractivity contribution >= 4 is 46.8 Å². The largest absolute Gasteiger partial charge is 0.492 e. The van der Waals surface area contributed by atoms with E-state index in [1.807, 2.05) is 41.3 Å². The Hall–Kier alpha value is -2.67. The summed E-state index contributed by atoms with van der Waals surface area (Å²) in [5.41, 5.74) is 2.57. The molecule has 0 saturated carbocycles. The van der Waals surface area contributed by atoms with Crippen molar-refractivity contribution in [2.45, 2.75) is 11.9 Å². The van der Waals surface area contributed by atoms with Crippen LogP contribution in [-0.4, -0.2) is 35.6 Å². The number of ether oxygens (including phenoxy) is 1. The molecule has 0 spiro atoms. The first-order valence-electron chi connectivity index (χ1n) is 10.4. The van der Waals surface area contributed by atoms with Crippen LogP contribution in [0.15, 0.2) is 72.8 Å². The molecule has 33 heavy (non-hydrogen) atoms. The normalized spacial score (nSPS) is 15.5. The van der Waals surface area contributed by atoms with Gasteiger partial charge in [0, 0.05) is 22.2 Å². The third-order valence-corrected chi connectivity index (χ3v) is 6.92. The molecule has 1 saturated heterocycles. The average Bonchev–Trinajstić information content (AvgIpc) is 3.19. The molecule has 0 aliphatic carbocycles. The molecule has 1 N–H and O–H groups in total. The summed E-state index contributed by atoms with van der Waals surface area (Å²) in [6, 6.07) is 22.0. The molecule has 0 bridgehead atoms. The summed E-state index contributed by atoms with van der Waals surface area (Å²) in [6.45, 7) is 1.25. The first kappa shape index (κ1) is 23.5. The van der Waals surface area contributed by atoms with Gasteiger partial charge in [0.25, 0.3) is 5.91 Å². The molecule has 3 aromatic carbocycles. The standard InChI is InChI=1S/C25H22Cl2N2O3S/c26-20-7-1-17(2-8-20)15-29-23(30)16-33-25(29)19-5-3-18(4-6-19)24(31)28-13-14-32-22-11-9-21(27)10-12-22/h1-12,25H,13-16H2,(H,28,31)/t25-/m1/s1. The van der Waals surface area contributed by atoms with Gasteiger partial charge in [-0.3, -0.25) is 9.59 Å². The molecule has 0 radical (unpaired) electrons. The van der Waals surface area contributed by atoms with Crippen molar-refractivity contribution in [3.8, 4) is 5.75 Å². The second-order valence-corrected chi connectivity index (χ2v) is 9.43. The predicted molar refractivity (Wildman–Crippen MR) is 133 cm³/mol. The van der Waals surface area contributed by atoms with Crippen LogP contribution >= 0.6 is 35.0 Å². The number of benzene rings is 3. The van der Waals surface area contributed by atoms with E-state index in [0.29, 0.717) is 46.8 Å². The van der Waals surface area contributed by atoms with Gasteiger partial charge in [-0.2, -0.15) is 0 Å². The van der Waals surface area contributed by atoms with Gasteiger partial charge in [0.2, 0.25) is 5.91 Å². The van der Waals surface area contributed by atoms with E-state index >= 15 is 0 Å². The molecule has 1 atom stereocenters. The topological polar surface area (TPSA) is 58.6 Å². The first-order chi connectivity index (χ1) is 16.0. The predicted octanol–water partition coefficient (Wildman–Crippen LogP) is 5.58. The lowest BCUT2D eigenvalue weighted by atomic mass is 10.1. The third-order valence-electron chi connectivity index (χ3n) is 5.16. The molecule has 0 unspecified atom stereocenters. The Morgan fingerprint density at radius 2 is 1.61 bits per heavy atom. The molecular weight excluding hydrogens is 479 g/mol. The summed E-state index contributed by atoms with van der Waals surface area (Å²) < 4.78 is 5.59. The molecule has 2 amide bonds. The van der Waals surface area contributed by atoms with E-state index in [1.54, 1.807) is 48.2 Å². The molecule has 170 valence electrons. The number of hydrogen-bond acceptors (Lipinski definition) is 4. The van der Waals surface area contributed by atoms with Gasteiger partial charge in [0.1, 0.15) is 17.7 Å². The number of carbonyl (C=O) groups excluding carboxylic acids is 2. The Balaban J connectivity index is 1.31. The Labute approximate surface area is 207 Å². The van der Waals surface area contributed by atoms with Crippen LogP contribution in [0.5, 0.6) is 5.75 Å². The molecule has 1 aliphatic heterocycles. The quantitative estimate of drug-likeness (QED) is 0.410. The summed E-state index contributed by atoms with van der Waals surface area (Å²) in [5, 5.41) is 4.08. The van der Waals surface area contributed by atoms with E-state index in [-0.39, 0.29) is 17.2 Å². The van der Waals surface area contributed by atoms with Crippen LogP contribution < -0.4 is 10.1 Å². The van der Waals surface area contributed by atoms with E-state index in [1.165, 1.54) is 0 Å². The summed E-state index contributed by atoms with van der Waals surface area (Å²) in [5.74, 6) is 1.07. The van der Waals surface area contributed by atoms with Crippen molar-refractivity contribution < 1.29 is 14.3 Å². The molecule has 3 aromatic rings. The summed E-state index contributed by atoms with van der Waals surface area (Å²) in [6.07, 6.45) is 0. The van der Waals surface area contributed by atoms with E-state index in [4.69, 9.17) is 27.9 Å². The Bertz CT molecular complexity index is 1110. The number of nitrogens with zero attached hydrogens (tertiary/aromatic N) is 1. The number of rotatable bonds is 8. The van der Waals surface area contributed by atoms with E-state index in [0.717, 1.165) is 11.1 Å². The lowest BCUT2D eigenvalue weighted by Gasteiger charge is -2.24. The smallest absolute Gasteiger partial charge is 0.251 e. The minimum atomic E-state index is -0.172. The molecule has 1 heterocycles. The number of carbonyl (C=O) groups is 2. The van der Waals surface area contributed by atoms with Gasteiger partial charge < -0.3 is 15.0 Å². The van der Waals surface area contributed by atoms with Crippen LogP contribution in [0.25, 0.3) is 0 Å². The minimum Gasteiger partial charge on any atom is -0.492 e. The summed E-state index contributed by atoms with van der Waals surface area (Å²) in [4.78, 5) is 26.8. The highest BCUT2D eigenvalue weighted by Gasteiger charge is 2.32. The van der Waals surface area contributed by atoms with Gasteiger partial charge in [-0.1, -0.05) is 47.5 Å². The van der Waals surface area contributed by atoms with Gasteiger partial charge in [0.05, 0.1) is 12.3 Å². The zero-order valence-corrected chi connectivity index (χ0v) is 20.0. The Morgan fingerprint density at radius 1 is 0.970 bits per heavy atom. The van der Waals surface area contributed by atoms with Gasteiger partial charge in [0.15, 0.2) is 0 Å². The monoisotopic (exact) mass is 500 g/mol. The number of halogens is 2. The van der Waals surface area contributed by atoms with Crippen molar-refractivity contribution in [1.29, 1.82) is 0 Å². The lowest BCUT2D eigenvalue weighted by Crippen LogP contribution is -2.28. The lowest BCUT2D eigenvalue weighted by molar-refractivity contribution is -0.128. The highest BCUT2D eigenvalue weighted by molar-refractivity contribution is 8.00. The summed E-state index contributed by atoms with van der Waals surface area (Å²) in [7, 11) is 0. The third kappa shape index (κ3) is 6.22. The summed E-state index contributed by atoms with van der Waals surface area (Å²) >= 11 is 13.4. The maximum atomic E-state index is 12.5. The van der Waals surface area contributed by atoms with E-state index < -0.39 is 0 Å². The number of amides is 2. The Morgan fingerprint density at radius 3 is 2.27 bits per heavy atom. The van der Waals surface area contributed by atoms with Crippen LogP contribution in [0, 0.1) is 0 Å². The first-order valence-corrected chi connectivity index (χ1v) is 12.2. The van der Waals surface area contributed by atoms with Crippen molar-refractivity contribution in [3.05, 3.63) is 99.5 Å². The van der Waals surface area contributed by atoms with Gasteiger partial charge in [-0.25, -0.2) is 0 Å². The zero-order valence-electron chi connectivity index (χ0n) is 17.7. The molecule has 8 heteroatoms. The highest BCUT2D eigenvalue weighted by atomic mass is 35.5. The molecule has 1 aliphatic rings. The SMILES string of the molecule is O=C(NCCOc1ccc(Cl)cc1)c1ccc([C@H]2SCC(=O)N2Cc2ccc(Cl)cc2)cc1. The minimum absolute atomic E-state index is 0.0851. The Kier molecular flexibility index (Phi) is 7.81. The van der Waals surface area contributed by atoms with Crippen molar-refractivity contribution in [2.75, 3.05) is 18.9 Å². The fraction of sp³-hybridized carbons (Fsp3) is 0.200. The highest BCUT2D eigenvalue weighted by Crippen LogP contribution is 2.39. The van der Waals surface area contributed by atoms with Gasteiger partial charge in [-0.05, 0) is 59.7 Å². The number of hydrogen-bond donors (Lipinski definition) is 1. The van der Waals surface area contributed by atoms with E-state index in [9.17, 15) is 9.59 Å². The maximum absolute atomic E-state index is 12.5. The zero-order chi connectivity index (χ0) is 23.2. The van der Waals surface area contributed by atoms with Crippen LogP contribution in [0.3, 0.4) is 0 Å². The van der Waals surface area contributed by atoms with Crippen molar-refractivity contribution in [1.82, 2.24) is 10.2 Å². The van der Waals surface area contributed by atoms with Crippen LogP contribution in [0.1, 0.15) is 26.9 Å². The number of thioether (sulfide) groups is 1. The average molecular weight is 501 g/mol. The maximum Gasteiger partial charge on any atom is 0.251 e. The van der Waals surface area contributed by atoms with Crippen LogP contribution in [0.2, 0.25) is 10.0 Å². The molecule has 0 aromatic heterocycles. The second kappa shape index (κ2) is 11.0. The van der Waals surface area contributed by atoms with Gasteiger partial charge >= 0.3 is 0 Å². The second-order valence-electron chi connectivity index (χ2n) is 7.49. The van der Waals surface area contributed by atoms with Crippen molar-refractivity contribution in [2.24, 2.45) is 0 Å².